The average Bonchev–Trinajstić information content (AvgIpc) is 3.31. The van der Waals surface area contributed by atoms with Gasteiger partial charge in [-0.2, -0.15) is 13.2 Å². The fraction of sp³-hybridized carbons (Fsp3) is 0.354. The molecular formula is C48H53ClF3N5O6S3. The van der Waals surface area contributed by atoms with Gasteiger partial charge in [-0.3, -0.25) is 9.69 Å². The zero-order valence-electron chi connectivity index (χ0n) is 36.6. The highest BCUT2D eigenvalue weighted by Gasteiger charge is 2.48. The van der Waals surface area contributed by atoms with Crippen LogP contribution in [0.3, 0.4) is 0 Å². The third-order valence-corrected chi connectivity index (χ3v) is 16.3. The lowest BCUT2D eigenvalue weighted by Crippen LogP contribution is -2.39. The number of nitrogens with one attached hydrogen (secondary N) is 2. The first-order valence-electron chi connectivity index (χ1n) is 21.6. The van der Waals surface area contributed by atoms with E-state index in [0.717, 1.165) is 59.8 Å². The van der Waals surface area contributed by atoms with Crippen molar-refractivity contribution in [2.24, 2.45) is 5.92 Å². The lowest BCUT2D eigenvalue weighted by Gasteiger charge is -2.40. The van der Waals surface area contributed by atoms with Crippen LogP contribution in [0.1, 0.15) is 41.2 Å². The van der Waals surface area contributed by atoms with Gasteiger partial charge in [0.2, 0.25) is 0 Å². The number of alkyl halides is 3. The molecule has 18 heteroatoms. The predicted octanol–water partition coefficient (Wildman–Crippen LogP) is 9.23. The highest BCUT2D eigenvalue weighted by molar-refractivity contribution is 7.99. The second-order valence-electron chi connectivity index (χ2n) is 16.6. The van der Waals surface area contributed by atoms with Crippen molar-refractivity contribution in [1.29, 1.82) is 0 Å². The number of carbonyl (C=O) groups is 1. The number of piperidine rings is 1. The molecule has 66 heavy (non-hydrogen) atoms. The van der Waals surface area contributed by atoms with Crippen LogP contribution in [0.25, 0.3) is 11.1 Å². The lowest BCUT2D eigenvalue weighted by molar-refractivity contribution is -0.0435. The van der Waals surface area contributed by atoms with Crippen molar-refractivity contribution in [1.82, 2.24) is 14.5 Å². The van der Waals surface area contributed by atoms with Gasteiger partial charge in [0.15, 0.2) is 0 Å². The van der Waals surface area contributed by atoms with Crippen LogP contribution in [-0.4, -0.2) is 110 Å². The molecule has 1 amide bonds. The van der Waals surface area contributed by atoms with Gasteiger partial charge in [-0.1, -0.05) is 66.2 Å². The fourth-order valence-electron chi connectivity index (χ4n) is 8.57. The minimum absolute atomic E-state index is 0.0101. The number of sulfonamides is 1. The van der Waals surface area contributed by atoms with Crippen LogP contribution < -0.4 is 14.9 Å². The highest BCUT2D eigenvalue weighted by atomic mass is 35.5. The Balaban J connectivity index is 1.04. The van der Waals surface area contributed by atoms with Gasteiger partial charge in [0.1, 0.15) is 4.90 Å². The Morgan fingerprint density at radius 1 is 0.848 bits per heavy atom. The average molecular weight is 985 g/mol. The molecule has 0 spiro atoms. The van der Waals surface area contributed by atoms with Gasteiger partial charge in [-0.15, -0.1) is 11.8 Å². The molecule has 2 fully saturated rings. The van der Waals surface area contributed by atoms with Crippen molar-refractivity contribution in [3.63, 3.8) is 0 Å². The zero-order valence-corrected chi connectivity index (χ0v) is 39.8. The molecule has 0 saturated carbocycles. The number of morpholine rings is 1. The second-order valence-corrected chi connectivity index (χ2v) is 21.7. The molecule has 1 unspecified atom stereocenters. The molecule has 0 aliphatic carbocycles. The van der Waals surface area contributed by atoms with E-state index in [1.54, 1.807) is 12.1 Å². The number of rotatable bonds is 17. The number of benzene rings is 5. The summed E-state index contributed by atoms with van der Waals surface area (Å²) in [5, 5.41) is 3.67. The second kappa shape index (κ2) is 21.6. The maximum absolute atomic E-state index is 14.2. The molecule has 5 aromatic carbocycles. The van der Waals surface area contributed by atoms with Gasteiger partial charge in [0, 0.05) is 71.7 Å². The summed E-state index contributed by atoms with van der Waals surface area (Å²) in [5.74, 6) is -0.320. The Hall–Kier alpha value is -4.62. The van der Waals surface area contributed by atoms with Gasteiger partial charge < -0.3 is 19.9 Å². The molecule has 0 aromatic heterocycles. The molecule has 7 rings (SSSR count). The van der Waals surface area contributed by atoms with E-state index in [-0.39, 0.29) is 11.6 Å². The van der Waals surface area contributed by atoms with Gasteiger partial charge >= 0.3 is 5.51 Å². The topological polar surface area (TPSA) is 128 Å². The molecule has 2 N–H and O–H groups in total. The highest BCUT2D eigenvalue weighted by Crippen LogP contribution is 2.41. The van der Waals surface area contributed by atoms with Crippen molar-refractivity contribution in [2.75, 3.05) is 76.0 Å². The van der Waals surface area contributed by atoms with E-state index in [0.29, 0.717) is 62.0 Å². The summed E-state index contributed by atoms with van der Waals surface area (Å²) >= 11 is 7.64. The maximum Gasteiger partial charge on any atom is 0.501 e. The van der Waals surface area contributed by atoms with E-state index in [4.69, 9.17) is 16.3 Å². The van der Waals surface area contributed by atoms with Crippen molar-refractivity contribution in [2.45, 2.75) is 51.5 Å². The molecule has 11 nitrogen and oxygen atoms in total. The number of thioether (sulfide) groups is 1. The van der Waals surface area contributed by atoms with Crippen LogP contribution in [0.2, 0.25) is 5.02 Å². The number of hydrogen-bond acceptors (Lipinski definition) is 11. The number of hydrogen-bond donors (Lipinski definition) is 2. The summed E-state index contributed by atoms with van der Waals surface area (Å²) in [7, 11) is -6.73. The minimum Gasteiger partial charge on any atom is -0.380 e. The number of amides is 1. The van der Waals surface area contributed by atoms with E-state index in [2.05, 4.69) is 52.3 Å². The number of sulfone groups is 1. The van der Waals surface area contributed by atoms with Gasteiger partial charge in [-0.05, 0) is 123 Å². The Kier molecular flexibility index (Phi) is 16.1. The first kappa shape index (κ1) is 49.3. The summed E-state index contributed by atoms with van der Waals surface area (Å²) in [6, 6.07) is 34.1. The molecule has 0 bridgehead atoms. The zero-order chi connectivity index (χ0) is 47.1. The molecular weight excluding hydrogens is 931 g/mol. The molecule has 352 valence electrons. The van der Waals surface area contributed by atoms with Crippen LogP contribution in [-0.2, 0) is 24.6 Å². The molecule has 5 aromatic rings. The minimum atomic E-state index is -6.06. The first-order valence-corrected chi connectivity index (χ1v) is 26.0. The lowest BCUT2D eigenvalue weighted by atomic mass is 9.81. The predicted molar refractivity (Wildman–Crippen MR) is 255 cm³/mol. The Labute approximate surface area is 394 Å². The standard InChI is InChI=1S/C48H53ClF3N5O6S3/c1-55(2)46(43-11-7-6-10-42(43)34-12-16-37(49)17-13-34)35-22-26-57(27-23-35)39-18-14-36(15-19-39)47(58)54-66(61,62)41-20-21-44(45(32-41)65(59,60)48(50,51)52)53-38(24-25-56-28-30-63-31-29-56)33-64-40-8-4-3-5-9-40/h3-21,32,35,38,46,53H,22-31,33H2,1-2H3,(H,54,58)/t38?,46-/m1/s1. The van der Waals surface area contributed by atoms with Crippen molar-refractivity contribution in [3.8, 4) is 11.1 Å². The summed E-state index contributed by atoms with van der Waals surface area (Å²) in [5.41, 5.74) is -1.84. The summed E-state index contributed by atoms with van der Waals surface area (Å²) in [6.07, 6.45) is 2.22. The van der Waals surface area contributed by atoms with Crippen LogP contribution in [0.5, 0.6) is 0 Å². The van der Waals surface area contributed by atoms with Crippen molar-refractivity contribution >= 4 is 60.5 Å². The van der Waals surface area contributed by atoms with Gasteiger partial charge in [0.25, 0.3) is 25.8 Å². The van der Waals surface area contributed by atoms with E-state index in [1.165, 1.54) is 29.5 Å². The summed E-state index contributed by atoms with van der Waals surface area (Å²) in [6.45, 7) is 4.49. The Morgan fingerprint density at radius 2 is 1.50 bits per heavy atom. The van der Waals surface area contributed by atoms with Crippen LogP contribution in [0.4, 0.5) is 24.5 Å². The van der Waals surface area contributed by atoms with Crippen molar-refractivity contribution < 1.29 is 39.5 Å². The molecule has 2 heterocycles. The molecule has 2 aliphatic rings. The summed E-state index contributed by atoms with van der Waals surface area (Å²) < 4.78 is 103. The van der Waals surface area contributed by atoms with E-state index in [9.17, 15) is 34.8 Å². The number of ether oxygens (including phenoxy) is 1. The van der Waals surface area contributed by atoms with Crippen molar-refractivity contribution in [3.05, 3.63) is 137 Å². The normalized spacial score (nSPS) is 16.5. The Morgan fingerprint density at radius 3 is 2.15 bits per heavy atom. The van der Waals surface area contributed by atoms with E-state index in [1.807, 2.05) is 65.4 Å². The smallest absolute Gasteiger partial charge is 0.380 e. The van der Waals surface area contributed by atoms with Crippen LogP contribution in [0, 0.1) is 5.92 Å². The van der Waals surface area contributed by atoms with Gasteiger partial charge in [-0.25, -0.2) is 21.6 Å². The van der Waals surface area contributed by atoms with Crippen LogP contribution >= 0.6 is 23.4 Å². The molecule has 2 aliphatic heterocycles. The largest absolute Gasteiger partial charge is 0.501 e. The third-order valence-electron chi connectivity index (χ3n) is 12.0. The van der Waals surface area contributed by atoms with E-state index >= 15 is 0 Å². The quantitative estimate of drug-likeness (QED) is 0.0866. The molecule has 2 atom stereocenters. The van der Waals surface area contributed by atoms with E-state index < -0.39 is 52.8 Å². The van der Waals surface area contributed by atoms with Crippen LogP contribution in [0.15, 0.2) is 136 Å². The monoisotopic (exact) mass is 983 g/mol. The number of carbonyl (C=O) groups excluding carboxylic acids is 1. The van der Waals surface area contributed by atoms with Gasteiger partial charge in [0.05, 0.1) is 23.8 Å². The third kappa shape index (κ3) is 12.1. The first-order chi connectivity index (χ1) is 31.5. The number of halogens is 4. The SMILES string of the molecule is CN(C)[C@@H](c1ccccc1-c1ccc(Cl)cc1)C1CCN(c2ccc(C(=O)NS(=O)(=O)c3ccc(NC(CCN4CCOCC4)CSc4ccccc4)c(S(=O)(=O)C(F)(F)F)c3)cc2)CC1. The fourth-order valence-corrected chi connectivity index (χ4v) is 11.7. The number of anilines is 2. The maximum atomic E-state index is 14.2. The summed E-state index contributed by atoms with van der Waals surface area (Å²) in [4.78, 5) is 18.8. The molecule has 2 saturated heterocycles. The molecule has 0 radical (unpaired) electrons. The number of nitrogens with zero attached hydrogens (tertiary/aromatic N) is 3. The Bertz CT molecular complexity index is 2650.